The highest BCUT2D eigenvalue weighted by Crippen LogP contribution is 2.08. The average molecular weight is 162 g/mol. The van der Waals surface area contributed by atoms with Gasteiger partial charge in [-0.2, -0.15) is 0 Å². The Labute approximate surface area is 73.3 Å². The standard InChI is InChI=1S/C10H14N2/c1-3-6-12-9(2)10-5-4-7-11-8-10/h3-5,7-9,12H,1,6H2,2H3/t9-/m0/s1. The Morgan fingerprint density at radius 3 is 3.17 bits per heavy atom. The highest BCUT2D eigenvalue weighted by atomic mass is 14.9. The molecule has 0 fully saturated rings. The summed E-state index contributed by atoms with van der Waals surface area (Å²) in [5.41, 5.74) is 1.21. The number of aromatic nitrogens is 1. The molecular weight excluding hydrogens is 148 g/mol. The van der Waals surface area contributed by atoms with Gasteiger partial charge in [0.1, 0.15) is 0 Å². The smallest absolute Gasteiger partial charge is 0.0315 e. The Bertz CT molecular complexity index is 231. The maximum absolute atomic E-state index is 4.05. The molecule has 1 aromatic heterocycles. The molecule has 1 atom stereocenters. The molecule has 2 heteroatoms. The molecule has 0 aliphatic rings. The maximum atomic E-state index is 4.05. The molecule has 0 aromatic carbocycles. The van der Waals surface area contributed by atoms with Crippen molar-refractivity contribution in [1.29, 1.82) is 0 Å². The summed E-state index contributed by atoms with van der Waals surface area (Å²) in [6, 6.07) is 4.35. The molecule has 0 aliphatic carbocycles. The maximum Gasteiger partial charge on any atom is 0.0315 e. The summed E-state index contributed by atoms with van der Waals surface area (Å²) in [6.07, 6.45) is 5.51. The molecule has 12 heavy (non-hydrogen) atoms. The van der Waals surface area contributed by atoms with Gasteiger partial charge in [-0.25, -0.2) is 0 Å². The molecule has 64 valence electrons. The normalized spacial score (nSPS) is 12.4. The molecule has 0 saturated heterocycles. The van der Waals surface area contributed by atoms with Gasteiger partial charge >= 0.3 is 0 Å². The zero-order valence-corrected chi connectivity index (χ0v) is 7.33. The van der Waals surface area contributed by atoms with Crippen molar-refractivity contribution in [3.05, 3.63) is 42.7 Å². The van der Waals surface area contributed by atoms with Gasteiger partial charge in [0, 0.05) is 25.0 Å². The van der Waals surface area contributed by atoms with Gasteiger partial charge < -0.3 is 5.32 Å². The quantitative estimate of drug-likeness (QED) is 0.684. The van der Waals surface area contributed by atoms with E-state index in [4.69, 9.17) is 0 Å². The second-order valence-corrected chi connectivity index (χ2v) is 2.70. The molecule has 0 unspecified atom stereocenters. The zero-order chi connectivity index (χ0) is 8.81. The van der Waals surface area contributed by atoms with Crippen LogP contribution in [0.2, 0.25) is 0 Å². The Morgan fingerprint density at radius 2 is 2.58 bits per heavy atom. The molecule has 1 aromatic rings. The molecular formula is C10H14N2. The first-order valence-electron chi connectivity index (χ1n) is 4.09. The third-order valence-electron chi connectivity index (χ3n) is 1.75. The Morgan fingerprint density at radius 1 is 1.75 bits per heavy atom. The van der Waals surface area contributed by atoms with Crippen LogP contribution < -0.4 is 5.32 Å². The molecule has 0 amide bonds. The van der Waals surface area contributed by atoms with Gasteiger partial charge in [-0.05, 0) is 18.6 Å². The molecule has 1 heterocycles. The lowest BCUT2D eigenvalue weighted by Crippen LogP contribution is -2.18. The third kappa shape index (κ3) is 2.47. The van der Waals surface area contributed by atoms with Gasteiger partial charge in [-0.1, -0.05) is 12.1 Å². The summed E-state index contributed by atoms with van der Waals surface area (Å²) in [6.45, 7) is 6.59. The van der Waals surface area contributed by atoms with E-state index in [1.807, 2.05) is 18.3 Å². The average Bonchev–Trinajstić information content (AvgIpc) is 2.15. The molecule has 0 bridgehead atoms. The Kier molecular flexibility index (Phi) is 3.48. The van der Waals surface area contributed by atoms with Gasteiger partial charge in [-0.3, -0.25) is 4.98 Å². The van der Waals surface area contributed by atoms with Gasteiger partial charge in [0.25, 0.3) is 0 Å². The summed E-state index contributed by atoms with van der Waals surface area (Å²) >= 11 is 0. The van der Waals surface area contributed by atoms with Crippen LogP contribution in [-0.4, -0.2) is 11.5 Å². The van der Waals surface area contributed by atoms with Crippen LogP contribution in [-0.2, 0) is 0 Å². The van der Waals surface area contributed by atoms with Gasteiger partial charge in [-0.15, -0.1) is 6.58 Å². The van der Waals surface area contributed by atoms with Crippen LogP contribution in [0.1, 0.15) is 18.5 Å². The summed E-state index contributed by atoms with van der Waals surface area (Å²) in [7, 11) is 0. The van der Waals surface area contributed by atoms with Crippen LogP contribution in [0.3, 0.4) is 0 Å². The van der Waals surface area contributed by atoms with Crippen molar-refractivity contribution in [1.82, 2.24) is 10.3 Å². The minimum absolute atomic E-state index is 0.344. The first kappa shape index (κ1) is 8.94. The molecule has 1 rings (SSSR count). The molecule has 2 nitrogen and oxygen atoms in total. The highest BCUT2D eigenvalue weighted by Gasteiger charge is 2.01. The lowest BCUT2D eigenvalue weighted by molar-refractivity contribution is 0.615. The number of hydrogen-bond acceptors (Lipinski definition) is 2. The lowest BCUT2D eigenvalue weighted by atomic mass is 10.1. The van der Waals surface area contributed by atoms with E-state index in [-0.39, 0.29) is 0 Å². The van der Waals surface area contributed by atoms with Crippen LogP contribution in [0.4, 0.5) is 0 Å². The second-order valence-electron chi connectivity index (χ2n) is 2.70. The van der Waals surface area contributed by atoms with E-state index in [1.54, 1.807) is 6.20 Å². The van der Waals surface area contributed by atoms with Gasteiger partial charge in [0.2, 0.25) is 0 Å². The van der Waals surface area contributed by atoms with E-state index in [0.29, 0.717) is 6.04 Å². The SMILES string of the molecule is C=CCN[C@@H](C)c1cccnc1. The van der Waals surface area contributed by atoms with Crippen molar-refractivity contribution in [2.45, 2.75) is 13.0 Å². The van der Waals surface area contributed by atoms with Crippen molar-refractivity contribution in [2.75, 3.05) is 6.54 Å². The van der Waals surface area contributed by atoms with Crippen LogP contribution >= 0.6 is 0 Å². The number of pyridine rings is 1. The lowest BCUT2D eigenvalue weighted by Gasteiger charge is -2.11. The Hall–Kier alpha value is -1.15. The number of nitrogens with zero attached hydrogens (tertiary/aromatic N) is 1. The highest BCUT2D eigenvalue weighted by molar-refractivity contribution is 5.12. The molecule has 0 saturated carbocycles. The van der Waals surface area contributed by atoms with E-state index < -0.39 is 0 Å². The fraction of sp³-hybridized carbons (Fsp3) is 0.300. The van der Waals surface area contributed by atoms with Crippen molar-refractivity contribution in [3.63, 3.8) is 0 Å². The van der Waals surface area contributed by atoms with Crippen molar-refractivity contribution in [3.8, 4) is 0 Å². The second kappa shape index (κ2) is 4.67. The summed E-state index contributed by atoms with van der Waals surface area (Å²) in [5, 5.41) is 3.29. The molecule has 1 N–H and O–H groups in total. The fourth-order valence-corrected chi connectivity index (χ4v) is 1.01. The minimum Gasteiger partial charge on any atom is -0.307 e. The number of hydrogen-bond donors (Lipinski definition) is 1. The van der Waals surface area contributed by atoms with E-state index >= 15 is 0 Å². The van der Waals surface area contributed by atoms with Crippen LogP contribution in [0.25, 0.3) is 0 Å². The molecule has 0 radical (unpaired) electrons. The van der Waals surface area contributed by atoms with E-state index in [2.05, 4.69) is 29.9 Å². The third-order valence-corrected chi connectivity index (χ3v) is 1.75. The van der Waals surface area contributed by atoms with Crippen LogP contribution in [0, 0.1) is 0 Å². The van der Waals surface area contributed by atoms with Crippen LogP contribution in [0.15, 0.2) is 37.2 Å². The molecule has 0 spiro atoms. The predicted molar refractivity (Wildman–Crippen MR) is 50.9 cm³/mol. The number of nitrogens with one attached hydrogen (secondary N) is 1. The Balaban J connectivity index is 2.53. The number of rotatable bonds is 4. The minimum atomic E-state index is 0.344. The van der Waals surface area contributed by atoms with Crippen LogP contribution in [0.5, 0.6) is 0 Å². The molecule has 0 aliphatic heterocycles. The van der Waals surface area contributed by atoms with E-state index in [9.17, 15) is 0 Å². The van der Waals surface area contributed by atoms with Crippen molar-refractivity contribution < 1.29 is 0 Å². The summed E-state index contributed by atoms with van der Waals surface area (Å²) in [5.74, 6) is 0. The monoisotopic (exact) mass is 162 g/mol. The topological polar surface area (TPSA) is 24.9 Å². The largest absolute Gasteiger partial charge is 0.307 e. The van der Waals surface area contributed by atoms with Gasteiger partial charge in [0.05, 0.1) is 0 Å². The zero-order valence-electron chi connectivity index (χ0n) is 7.33. The predicted octanol–water partition coefficient (Wildman–Crippen LogP) is 1.92. The van der Waals surface area contributed by atoms with Gasteiger partial charge in [0.15, 0.2) is 0 Å². The first-order valence-corrected chi connectivity index (χ1v) is 4.09. The van der Waals surface area contributed by atoms with E-state index in [0.717, 1.165) is 6.54 Å². The fourth-order valence-electron chi connectivity index (χ4n) is 1.01. The summed E-state index contributed by atoms with van der Waals surface area (Å²) in [4.78, 5) is 4.05. The first-order chi connectivity index (χ1) is 5.84. The van der Waals surface area contributed by atoms with E-state index in [1.165, 1.54) is 5.56 Å². The summed E-state index contributed by atoms with van der Waals surface area (Å²) < 4.78 is 0. The van der Waals surface area contributed by atoms with Crippen molar-refractivity contribution >= 4 is 0 Å². The van der Waals surface area contributed by atoms with Crippen molar-refractivity contribution in [2.24, 2.45) is 0 Å².